The van der Waals surface area contributed by atoms with Gasteiger partial charge >= 0.3 is 18.0 Å². The number of rotatable bonds is 5. The van der Waals surface area contributed by atoms with Crippen molar-refractivity contribution in [2.75, 3.05) is 32.1 Å². The summed E-state index contributed by atoms with van der Waals surface area (Å²) in [6.07, 6.45) is 2.38. The zero-order valence-electron chi connectivity index (χ0n) is 14.6. The quantitative estimate of drug-likeness (QED) is 0.776. The first kappa shape index (κ1) is 18.0. The molecule has 26 heavy (non-hydrogen) atoms. The number of urea groups is 1. The molecule has 0 unspecified atom stereocenters. The van der Waals surface area contributed by atoms with Crippen LogP contribution < -0.4 is 10.1 Å². The van der Waals surface area contributed by atoms with Crippen molar-refractivity contribution in [1.82, 2.24) is 4.90 Å². The predicted octanol–water partition coefficient (Wildman–Crippen LogP) is 1.96. The number of nitrogens with one attached hydrogen (secondary N) is 1. The van der Waals surface area contributed by atoms with Crippen molar-refractivity contribution in [3.8, 4) is 5.75 Å². The lowest BCUT2D eigenvalue weighted by Gasteiger charge is -2.23. The van der Waals surface area contributed by atoms with Crippen LogP contribution in [0.5, 0.6) is 5.75 Å². The van der Waals surface area contributed by atoms with Gasteiger partial charge in [-0.1, -0.05) is 6.42 Å². The van der Waals surface area contributed by atoms with E-state index in [1.807, 2.05) is 0 Å². The van der Waals surface area contributed by atoms with Crippen LogP contribution in [0, 0.1) is 11.3 Å². The number of amides is 2. The Morgan fingerprint density at radius 3 is 2.65 bits per heavy atom. The van der Waals surface area contributed by atoms with Gasteiger partial charge in [-0.3, -0.25) is 4.79 Å². The van der Waals surface area contributed by atoms with Crippen LogP contribution in [-0.4, -0.2) is 54.8 Å². The van der Waals surface area contributed by atoms with E-state index in [1.165, 1.54) is 7.11 Å². The van der Waals surface area contributed by atoms with E-state index in [0.717, 1.165) is 12.8 Å². The zero-order chi connectivity index (χ0) is 18.7. The molecule has 0 bridgehead atoms. The minimum Gasteiger partial charge on any atom is -0.482 e. The average Bonchev–Trinajstić information content (AvgIpc) is 3.19. The summed E-state index contributed by atoms with van der Waals surface area (Å²) in [7, 11) is 1.28. The number of hydrogen-bond donors (Lipinski definition) is 2. The predicted molar refractivity (Wildman–Crippen MR) is 92.0 cm³/mol. The van der Waals surface area contributed by atoms with Gasteiger partial charge in [-0.15, -0.1) is 0 Å². The van der Waals surface area contributed by atoms with Crippen molar-refractivity contribution >= 4 is 23.7 Å². The van der Waals surface area contributed by atoms with Crippen LogP contribution in [0.1, 0.15) is 19.3 Å². The Kier molecular flexibility index (Phi) is 5.01. The van der Waals surface area contributed by atoms with Gasteiger partial charge in [-0.2, -0.15) is 0 Å². The summed E-state index contributed by atoms with van der Waals surface area (Å²) in [4.78, 5) is 36.8. The van der Waals surface area contributed by atoms with Crippen molar-refractivity contribution in [3.05, 3.63) is 24.3 Å². The van der Waals surface area contributed by atoms with Crippen molar-refractivity contribution in [1.29, 1.82) is 0 Å². The molecule has 3 rings (SSSR count). The summed E-state index contributed by atoms with van der Waals surface area (Å²) in [5.41, 5.74) is -0.218. The molecule has 1 aromatic carbocycles. The van der Waals surface area contributed by atoms with E-state index in [2.05, 4.69) is 10.1 Å². The molecule has 1 saturated carbocycles. The number of carboxylic acids is 1. The third-order valence-corrected chi connectivity index (χ3v) is 5.27. The maximum atomic E-state index is 12.5. The molecule has 140 valence electrons. The van der Waals surface area contributed by atoms with E-state index in [-0.39, 0.29) is 25.1 Å². The second-order valence-corrected chi connectivity index (χ2v) is 6.75. The highest BCUT2D eigenvalue weighted by molar-refractivity contribution is 5.90. The van der Waals surface area contributed by atoms with Crippen molar-refractivity contribution in [3.63, 3.8) is 0 Å². The minimum atomic E-state index is -0.803. The summed E-state index contributed by atoms with van der Waals surface area (Å²) in [6, 6.07) is 6.29. The van der Waals surface area contributed by atoms with E-state index in [0.29, 0.717) is 24.4 Å². The molecule has 8 heteroatoms. The molecular weight excluding hydrogens is 340 g/mol. The van der Waals surface area contributed by atoms with E-state index in [4.69, 9.17) is 4.74 Å². The summed E-state index contributed by atoms with van der Waals surface area (Å²) < 4.78 is 9.74. The largest absolute Gasteiger partial charge is 0.482 e. The van der Waals surface area contributed by atoms with Gasteiger partial charge in [0.25, 0.3) is 0 Å². The Morgan fingerprint density at radius 1 is 1.31 bits per heavy atom. The maximum Gasteiger partial charge on any atom is 0.343 e. The second kappa shape index (κ2) is 7.23. The number of fused-ring (bicyclic) bond motifs is 1. The third kappa shape index (κ3) is 3.44. The number of carbonyl (C=O) groups is 3. The lowest BCUT2D eigenvalue weighted by molar-refractivity contribution is -0.149. The third-order valence-electron chi connectivity index (χ3n) is 5.27. The molecule has 2 atom stereocenters. The van der Waals surface area contributed by atoms with E-state index < -0.39 is 17.4 Å². The number of hydrogen-bond acceptors (Lipinski definition) is 5. The smallest absolute Gasteiger partial charge is 0.343 e. The van der Waals surface area contributed by atoms with Crippen molar-refractivity contribution in [2.45, 2.75) is 19.3 Å². The topological polar surface area (TPSA) is 105 Å². The number of anilines is 1. The van der Waals surface area contributed by atoms with Gasteiger partial charge in [0.05, 0.1) is 12.5 Å². The number of ether oxygens (including phenoxy) is 2. The molecule has 1 saturated heterocycles. The highest BCUT2D eigenvalue weighted by Crippen LogP contribution is 2.48. The number of benzene rings is 1. The number of carboxylic acid groups (broad SMARTS) is 1. The summed E-state index contributed by atoms with van der Waals surface area (Å²) >= 11 is 0. The average molecular weight is 362 g/mol. The fourth-order valence-electron chi connectivity index (χ4n) is 3.83. The van der Waals surface area contributed by atoms with Crippen LogP contribution in [0.15, 0.2) is 24.3 Å². The molecular formula is C18H22N2O6. The van der Waals surface area contributed by atoms with Gasteiger partial charge in [0.1, 0.15) is 5.75 Å². The van der Waals surface area contributed by atoms with Gasteiger partial charge in [0, 0.05) is 18.8 Å². The first-order chi connectivity index (χ1) is 12.4. The fourth-order valence-corrected chi connectivity index (χ4v) is 3.83. The molecule has 0 radical (unpaired) electrons. The number of carbonyl (C=O) groups excluding carboxylic acids is 2. The number of nitrogens with zero attached hydrogens (tertiary/aromatic N) is 1. The van der Waals surface area contributed by atoms with Crippen LogP contribution in [0.25, 0.3) is 0 Å². The SMILES string of the molecule is COC(=O)COc1ccc(NC(=O)N2C[C@@H]3CCC[C@@]3(C(=O)O)C2)cc1. The van der Waals surface area contributed by atoms with E-state index in [9.17, 15) is 19.5 Å². The molecule has 1 aromatic rings. The Bertz CT molecular complexity index is 704. The van der Waals surface area contributed by atoms with Gasteiger partial charge in [-0.25, -0.2) is 9.59 Å². The van der Waals surface area contributed by atoms with Gasteiger partial charge in [0.2, 0.25) is 0 Å². The first-order valence-corrected chi connectivity index (χ1v) is 8.53. The molecule has 2 aliphatic rings. The van der Waals surface area contributed by atoms with E-state index in [1.54, 1.807) is 29.2 Å². The monoisotopic (exact) mass is 362 g/mol. The number of aliphatic carboxylic acids is 1. The molecule has 0 spiro atoms. The molecule has 1 aliphatic heterocycles. The zero-order valence-corrected chi connectivity index (χ0v) is 14.6. The highest BCUT2D eigenvalue weighted by atomic mass is 16.6. The van der Waals surface area contributed by atoms with E-state index >= 15 is 0 Å². The molecule has 8 nitrogen and oxygen atoms in total. The number of likely N-dealkylation sites (tertiary alicyclic amines) is 1. The highest BCUT2D eigenvalue weighted by Gasteiger charge is 2.55. The normalized spacial score (nSPS) is 24.0. The second-order valence-electron chi connectivity index (χ2n) is 6.75. The van der Waals surface area contributed by atoms with Crippen LogP contribution in [0.4, 0.5) is 10.5 Å². The van der Waals surface area contributed by atoms with Gasteiger partial charge in [0.15, 0.2) is 6.61 Å². The van der Waals surface area contributed by atoms with Crippen LogP contribution in [0.3, 0.4) is 0 Å². The fraction of sp³-hybridized carbons (Fsp3) is 0.500. The number of esters is 1. The Labute approximate surface area is 151 Å². The molecule has 1 heterocycles. The minimum absolute atomic E-state index is 0.0276. The standard InChI is InChI=1S/C18H22N2O6/c1-25-15(21)10-26-14-6-4-13(5-7-14)19-17(24)20-9-12-3-2-8-18(12,11-20)16(22)23/h4-7,12H,2-3,8-11H2,1H3,(H,19,24)(H,22,23)/t12-,18+/m0/s1. The Hall–Kier alpha value is -2.77. The molecule has 2 N–H and O–H groups in total. The van der Waals surface area contributed by atoms with Crippen molar-refractivity contribution < 1.29 is 29.0 Å². The van der Waals surface area contributed by atoms with Crippen LogP contribution >= 0.6 is 0 Å². The van der Waals surface area contributed by atoms with Crippen LogP contribution in [0.2, 0.25) is 0 Å². The molecule has 1 aliphatic carbocycles. The van der Waals surface area contributed by atoms with Crippen molar-refractivity contribution in [2.24, 2.45) is 11.3 Å². The molecule has 2 fully saturated rings. The number of methoxy groups -OCH3 is 1. The maximum absolute atomic E-state index is 12.5. The summed E-state index contributed by atoms with van der Waals surface area (Å²) in [5, 5.41) is 12.4. The molecule has 0 aromatic heterocycles. The lowest BCUT2D eigenvalue weighted by Crippen LogP contribution is -2.38. The van der Waals surface area contributed by atoms with Crippen LogP contribution in [-0.2, 0) is 14.3 Å². The Balaban J connectivity index is 1.57. The van der Waals surface area contributed by atoms with Gasteiger partial charge in [-0.05, 0) is 43.0 Å². The van der Waals surface area contributed by atoms with Gasteiger partial charge < -0.3 is 24.8 Å². The Morgan fingerprint density at radius 2 is 2.04 bits per heavy atom. The molecule has 2 amide bonds. The summed E-state index contributed by atoms with van der Waals surface area (Å²) in [5.74, 6) is -0.773. The lowest BCUT2D eigenvalue weighted by atomic mass is 9.81. The first-order valence-electron chi connectivity index (χ1n) is 8.53. The summed E-state index contributed by atoms with van der Waals surface area (Å²) in [6.45, 7) is 0.534.